The van der Waals surface area contributed by atoms with E-state index in [1.165, 1.54) is 11.3 Å². The lowest BCUT2D eigenvalue weighted by Gasteiger charge is -2.27. The summed E-state index contributed by atoms with van der Waals surface area (Å²) in [5.41, 5.74) is 6.90. The number of nitrogens with one attached hydrogen (secondary N) is 1. The van der Waals surface area contributed by atoms with Crippen LogP contribution in [-0.4, -0.2) is 17.8 Å². The van der Waals surface area contributed by atoms with E-state index in [1.54, 1.807) is 0 Å². The second kappa shape index (κ2) is 5.98. The number of carboxylic acid groups (broad SMARTS) is 1. The predicted molar refractivity (Wildman–Crippen MR) is 90.8 cm³/mol. The quantitative estimate of drug-likeness (QED) is 0.776. The number of anilines is 1. The van der Waals surface area contributed by atoms with E-state index < -0.39 is 23.7 Å². The zero-order valence-corrected chi connectivity index (χ0v) is 14.4. The maximum absolute atomic E-state index is 12.8. The van der Waals surface area contributed by atoms with Crippen molar-refractivity contribution in [3.05, 3.63) is 28.2 Å². The standard InChI is InChI=1S/C18H20N2O4S/c19-15(21)14-10-3-1-2-4-11(10)25-17(14)20-16(22)12-8-5-6-9(7-8)13(12)18(23)24/h5-6,8-9,12-13H,1-4,7H2,(H2,19,21)(H,20,22)(H,23,24)/p-1/t8-,9-,12-,13+/m1/s1. The maximum Gasteiger partial charge on any atom is 0.251 e. The molecule has 1 aromatic heterocycles. The first kappa shape index (κ1) is 16.3. The Kier molecular flexibility index (Phi) is 3.91. The number of carboxylic acids is 1. The van der Waals surface area contributed by atoms with Crippen molar-refractivity contribution >= 4 is 34.1 Å². The smallest absolute Gasteiger partial charge is 0.251 e. The third-order valence-corrected chi connectivity index (χ3v) is 6.90. The van der Waals surface area contributed by atoms with E-state index in [-0.39, 0.29) is 17.7 Å². The van der Waals surface area contributed by atoms with Crippen molar-refractivity contribution in [3.8, 4) is 0 Å². The van der Waals surface area contributed by atoms with Crippen LogP contribution in [0.25, 0.3) is 0 Å². The largest absolute Gasteiger partial charge is 0.550 e. The van der Waals surface area contributed by atoms with E-state index >= 15 is 0 Å². The van der Waals surface area contributed by atoms with Gasteiger partial charge in [-0.05, 0) is 49.5 Å². The summed E-state index contributed by atoms with van der Waals surface area (Å²) in [6.45, 7) is 0. The van der Waals surface area contributed by atoms with Gasteiger partial charge in [0.05, 0.1) is 11.5 Å². The molecule has 4 rings (SSSR count). The summed E-state index contributed by atoms with van der Waals surface area (Å²) in [4.78, 5) is 37.3. The molecule has 25 heavy (non-hydrogen) atoms. The van der Waals surface area contributed by atoms with Gasteiger partial charge in [-0.2, -0.15) is 0 Å². The van der Waals surface area contributed by atoms with Crippen LogP contribution in [0, 0.1) is 23.7 Å². The molecule has 4 atom stereocenters. The number of aryl methyl sites for hydroxylation is 1. The fourth-order valence-electron chi connectivity index (χ4n) is 4.61. The molecule has 1 heterocycles. The van der Waals surface area contributed by atoms with E-state index in [4.69, 9.17) is 5.73 Å². The van der Waals surface area contributed by atoms with Crippen LogP contribution in [0.15, 0.2) is 12.2 Å². The van der Waals surface area contributed by atoms with E-state index in [9.17, 15) is 19.5 Å². The first-order chi connectivity index (χ1) is 12.0. The lowest BCUT2D eigenvalue weighted by atomic mass is 9.82. The second-order valence-electron chi connectivity index (χ2n) is 7.09. The zero-order valence-electron chi connectivity index (χ0n) is 13.6. The first-order valence-corrected chi connectivity index (χ1v) is 9.43. The third kappa shape index (κ3) is 2.57. The third-order valence-electron chi connectivity index (χ3n) is 5.69. The van der Waals surface area contributed by atoms with Gasteiger partial charge >= 0.3 is 0 Å². The summed E-state index contributed by atoms with van der Waals surface area (Å²) in [7, 11) is 0. The Balaban J connectivity index is 1.63. The van der Waals surface area contributed by atoms with Crippen molar-refractivity contribution in [1.29, 1.82) is 0 Å². The lowest BCUT2D eigenvalue weighted by molar-refractivity contribution is -0.313. The molecule has 0 aliphatic heterocycles. The number of thiophene rings is 1. The van der Waals surface area contributed by atoms with Gasteiger partial charge in [-0.3, -0.25) is 9.59 Å². The summed E-state index contributed by atoms with van der Waals surface area (Å²) in [6, 6.07) is 0. The van der Waals surface area contributed by atoms with Gasteiger partial charge < -0.3 is 21.0 Å². The molecule has 1 aromatic rings. The number of nitrogens with two attached hydrogens (primary N) is 1. The molecule has 0 spiro atoms. The molecule has 1 fully saturated rings. The highest BCUT2D eigenvalue weighted by atomic mass is 32.1. The number of carbonyl (C=O) groups is 3. The molecule has 2 bridgehead atoms. The Labute approximate surface area is 149 Å². The number of primary amides is 1. The number of hydrogen-bond acceptors (Lipinski definition) is 5. The maximum atomic E-state index is 12.8. The molecule has 0 saturated heterocycles. The van der Waals surface area contributed by atoms with Gasteiger partial charge in [-0.15, -0.1) is 11.3 Å². The van der Waals surface area contributed by atoms with Crippen molar-refractivity contribution < 1.29 is 19.5 Å². The Morgan fingerprint density at radius 2 is 1.80 bits per heavy atom. The van der Waals surface area contributed by atoms with Crippen LogP contribution in [0.1, 0.15) is 40.1 Å². The second-order valence-corrected chi connectivity index (χ2v) is 8.19. The summed E-state index contributed by atoms with van der Waals surface area (Å²) in [5, 5.41) is 14.8. The molecule has 3 N–H and O–H groups in total. The number of fused-ring (bicyclic) bond motifs is 3. The van der Waals surface area contributed by atoms with E-state index in [2.05, 4.69) is 5.32 Å². The number of aliphatic carboxylic acids is 1. The minimum atomic E-state index is -1.18. The van der Waals surface area contributed by atoms with Gasteiger partial charge in [0.25, 0.3) is 5.91 Å². The summed E-state index contributed by atoms with van der Waals surface area (Å²) in [5.74, 6) is -3.76. The summed E-state index contributed by atoms with van der Waals surface area (Å²) >= 11 is 1.39. The lowest BCUT2D eigenvalue weighted by Crippen LogP contribution is -2.43. The van der Waals surface area contributed by atoms with Gasteiger partial charge in [-0.1, -0.05) is 12.2 Å². The van der Waals surface area contributed by atoms with Crippen molar-refractivity contribution in [2.24, 2.45) is 29.4 Å². The van der Waals surface area contributed by atoms with Crippen LogP contribution < -0.4 is 16.2 Å². The van der Waals surface area contributed by atoms with E-state index in [0.717, 1.165) is 36.1 Å². The number of amides is 2. The topological polar surface area (TPSA) is 112 Å². The fourth-order valence-corrected chi connectivity index (χ4v) is 5.91. The van der Waals surface area contributed by atoms with E-state index in [0.29, 0.717) is 17.0 Å². The highest BCUT2D eigenvalue weighted by Gasteiger charge is 2.49. The predicted octanol–water partition coefficient (Wildman–Crippen LogP) is 0.852. The van der Waals surface area contributed by atoms with Gasteiger partial charge in [-0.25, -0.2) is 0 Å². The number of carbonyl (C=O) groups excluding carboxylic acids is 3. The average molecular weight is 359 g/mol. The Morgan fingerprint density at radius 3 is 2.48 bits per heavy atom. The van der Waals surface area contributed by atoms with Crippen molar-refractivity contribution in [3.63, 3.8) is 0 Å². The fraction of sp³-hybridized carbons (Fsp3) is 0.500. The molecule has 6 nitrogen and oxygen atoms in total. The molecule has 0 aromatic carbocycles. The molecule has 0 radical (unpaired) electrons. The minimum Gasteiger partial charge on any atom is -0.550 e. The van der Waals surface area contributed by atoms with Crippen LogP contribution in [0.5, 0.6) is 0 Å². The van der Waals surface area contributed by atoms with E-state index in [1.807, 2.05) is 12.2 Å². The van der Waals surface area contributed by atoms with Gasteiger partial charge in [0.2, 0.25) is 5.91 Å². The molecule has 132 valence electrons. The van der Waals surface area contributed by atoms with Gasteiger partial charge in [0, 0.05) is 16.8 Å². The number of hydrogen-bond donors (Lipinski definition) is 2. The van der Waals surface area contributed by atoms with Crippen LogP contribution >= 0.6 is 11.3 Å². The Hall–Kier alpha value is -2.15. The zero-order chi connectivity index (χ0) is 17.7. The molecular formula is C18H19N2O4S-. The van der Waals surface area contributed by atoms with Crippen molar-refractivity contribution in [2.45, 2.75) is 32.1 Å². The molecule has 1 saturated carbocycles. The van der Waals surface area contributed by atoms with Gasteiger partial charge in [0.15, 0.2) is 0 Å². The van der Waals surface area contributed by atoms with Crippen LogP contribution in [0.2, 0.25) is 0 Å². The minimum absolute atomic E-state index is 0.0838. The molecule has 3 aliphatic rings. The van der Waals surface area contributed by atoms with Gasteiger partial charge in [0.1, 0.15) is 5.00 Å². The number of allylic oxidation sites excluding steroid dienone is 2. The molecular weight excluding hydrogens is 340 g/mol. The van der Waals surface area contributed by atoms with Crippen molar-refractivity contribution in [2.75, 3.05) is 5.32 Å². The first-order valence-electron chi connectivity index (χ1n) is 8.61. The Morgan fingerprint density at radius 1 is 1.12 bits per heavy atom. The Bertz CT molecular complexity index is 797. The highest BCUT2D eigenvalue weighted by Crippen LogP contribution is 2.48. The van der Waals surface area contributed by atoms with Crippen molar-refractivity contribution in [1.82, 2.24) is 0 Å². The van der Waals surface area contributed by atoms with Crippen LogP contribution in [0.4, 0.5) is 5.00 Å². The number of rotatable bonds is 4. The summed E-state index contributed by atoms with van der Waals surface area (Å²) < 4.78 is 0. The molecule has 0 unspecified atom stereocenters. The van der Waals surface area contributed by atoms with Crippen LogP contribution in [-0.2, 0) is 22.4 Å². The molecule has 7 heteroatoms. The van der Waals surface area contributed by atoms with Crippen LogP contribution in [0.3, 0.4) is 0 Å². The molecule has 3 aliphatic carbocycles. The highest BCUT2D eigenvalue weighted by molar-refractivity contribution is 7.17. The SMILES string of the molecule is NC(=O)c1c(NC(=O)[C@H]2[C@@H](C(=O)[O-])[C@@H]3C=C[C@@H]2C3)sc2c1CCCC2. The monoisotopic (exact) mass is 359 g/mol. The molecule has 2 amide bonds. The summed E-state index contributed by atoms with van der Waals surface area (Å²) in [6.07, 6.45) is 8.19. The average Bonchev–Trinajstić information content (AvgIpc) is 3.25. The normalized spacial score (nSPS) is 29.4.